The standard InChI is InChI=1S/C11H13FN2O4/c1-6-8(7(2)18-13-6)9(15)14-4-3-11(12,5-14)10(16)17/h3-5H2,1-2H3,(H,16,17)/t11-/m0/s1. The fourth-order valence-corrected chi connectivity index (χ4v) is 2.07. The highest BCUT2D eigenvalue weighted by molar-refractivity contribution is 5.97. The fourth-order valence-electron chi connectivity index (χ4n) is 2.07. The third-order valence-corrected chi connectivity index (χ3v) is 3.14. The largest absolute Gasteiger partial charge is 0.479 e. The molecule has 2 rings (SSSR count). The number of carboxylic acid groups (broad SMARTS) is 1. The number of alkyl halides is 1. The highest BCUT2D eigenvalue weighted by Crippen LogP contribution is 2.28. The Morgan fingerprint density at radius 3 is 2.61 bits per heavy atom. The molecule has 0 unspecified atom stereocenters. The van der Waals surface area contributed by atoms with Crippen LogP contribution >= 0.6 is 0 Å². The number of carboxylic acids is 1. The van der Waals surface area contributed by atoms with E-state index in [1.165, 1.54) is 4.90 Å². The molecule has 0 radical (unpaired) electrons. The summed E-state index contributed by atoms with van der Waals surface area (Å²) in [4.78, 5) is 24.1. The van der Waals surface area contributed by atoms with Gasteiger partial charge in [-0.25, -0.2) is 9.18 Å². The number of rotatable bonds is 2. The molecule has 1 fully saturated rings. The van der Waals surface area contributed by atoms with Gasteiger partial charge >= 0.3 is 5.97 Å². The molecule has 1 N–H and O–H groups in total. The first-order valence-electron chi connectivity index (χ1n) is 5.49. The Balaban J connectivity index is 2.21. The van der Waals surface area contributed by atoms with E-state index in [2.05, 4.69) is 5.16 Å². The van der Waals surface area contributed by atoms with E-state index in [1.807, 2.05) is 0 Å². The number of carbonyl (C=O) groups is 2. The average molecular weight is 256 g/mol. The van der Waals surface area contributed by atoms with Crippen molar-refractivity contribution in [2.75, 3.05) is 13.1 Å². The van der Waals surface area contributed by atoms with Crippen molar-refractivity contribution in [2.24, 2.45) is 0 Å². The first-order valence-corrected chi connectivity index (χ1v) is 5.49. The van der Waals surface area contributed by atoms with Crippen molar-refractivity contribution in [1.29, 1.82) is 0 Å². The van der Waals surface area contributed by atoms with Gasteiger partial charge in [-0.1, -0.05) is 5.16 Å². The van der Waals surface area contributed by atoms with Crippen LogP contribution < -0.4 is 0 Å². The summed E-state index contributed by atoms with van der Waals surface area (Å²) in [6.45, 7) is 2.83. The van der Waals surface area contributed by atoms with Gasteiger partial charge in [-0.15, -0.1) is 0 Å². The number of amides is 1. The molecule has 1 atom stereocenters. The minimum absolute atomic E-state index is 0.0751. The first kappa shape index (κ1) is 12.5. The van der Waals surface area contributed by atoms with Crippen LogP contribution in [0.3, 0.4) is 0 Å². The monoisotopic (exact) mass is 256 g/mol. The minimum Gasteiger partial charge on any atom is -0.479 e. The SMILES string of the molecule is Cc1noc(C)c1C(=O)N1CC[C@@](F)(C(=O)O)C1. The smallest absolute Gasteiger partial charge is 0.343 e. The number of halogens is 1. The molecule has 0 aliphatic carbocycles. The van der Waals surface area contributed by atoms with Crippen LogP contribution in [-0.2, 0) is 4.79 Å². The predicted molar refractivity (Wildman–Crippen MR) is 58.0 cm³/mol. The zero-order chi connectivity index (χ0) is 13.5. The Morgan fingerprint density at radius 2 is 2.17 bits per heavy atom. The summed E-state index contributed by atoms with van der Waals surface area (Å²) in [5.74, 6) is -1.62. The number of hydrogen-bond donors (Lipinski definition) is 1. The van der Waals surface area contributed by atoms with Crippen LogP contribution in [0.1, 0.15) is 28.2 Å². The number of likely N-dealkylation sites (tertiary alicyclic amines) is 1. The molecule has 2 heterocycles. The lowest BCUT2D eigenvalue weighted by Crippen LogP contribution is -2.39. The molecule has 1 amide bonds. The van der Waals surface area contributed by atoms with E-state index in [4.69, 9.17) is 9.63 Å². The molecular weight excluding hydrogens is 243 g/mol. The molecule has 98 valence electrons. The number of hydrogen-bond acceptors (Lipinski definition) is 4. The molecular formula is C11H13FN2O4. The van der Waals surface area contributed by atoms with Crippen molar-refractivity contribution in [3.05, 3.63) is 17.0 Å². The van der Waals surface area contributed by atoms with Gasteiger partial charge in [-0.3, -0.25) is 4.79 Å². The van der Waals surface area contributed by atoms with Crippen LogP contribution in [0, 0.1) is 13.8 Å². The molecule has 1 aliphatic rings. The van der Waals surface area contributed by atoms with E-state index >= 15 is 0 Å². The van der Waals surface area contributed by atoms with Gasteiger partial charge in [0.1, 0.15) is 11.3 Å². The summed E-state index contributed by atoms with van der Waals surface area (Å²) >= 11 is 0. The Labute approximate surface area is 102 Å². The second-order valence-corrected chi connectivity index (χ2v) is 4.45. The molecule has 0 saturated carbocycles. The average Bonchev–Trinajstić information content (AvgIpc) is 2.84. The number of aryl methyl sites for hydroxylation is 2. The molecule has 0 spiro atoms. The van der Waals surface area contributed by atoms with E-state index < -0.39 is 24.1 Å². The van der Waals surface area contributed by atoms with Crippen molar-refractivity contribution < 1.29 is 23.6 Å². The van der Waals surface area contributed by atoms with Crippen molar-refractivity contribution in [3.8, 4) is 0 Å². The molecule has 6 nitrogen and oxygen atoms in total. The van der Waals surface area contributed by atoms with Gasteiger partial charge in [-0.05, 0) is 13.8 Å². The molecule has 0 bridgehead atoms. The maximum absolute atomic E-state index is 13.9. The molecule has 1 aliphatic heterocycles. The van der Waals surface area contributed by atoms with E-state index in [0.29, 0.717) is 11.5 Å². The Hall–Kier alpha value is -1.92. The third-order valence-electron chi connectivity index (χ3n) is 3.14. The summed E-state index contributed by atoms with van der Waals surface area (Å²) in [7, 11) is 0. The van der Waals surface area contributed by atoms with E-state index in [1.54, 1.807) is 13.8 Å². The predicted octanol–water partition coefficient (Wildman–Crippen LogP) is 0.930. The van der Waals surface area contributed by atoms with E-state index in [9.17, 15) is 14.0 Å². The second kappa shape index (κ2) is 4.08. The van der Waals surface area contributed by atoms with Crippen molar-refractivity contribution in [3.63, 3.8) is 0 Å². The Kier molecular flexibility index (Phi) is 2.84. The van der Waals surface area contributed by atoms with E-state index in [0.717, 1.165) is 0 Å². The zero-order valence-corrected chi connectivity index (χ0v) is 10.1. The summed E-state index contributed by atoms with van der Waals surface area (Å²) < 4.78 is 18.7. The lowest BCUT2D eigenvalue weighted by Gasteiger charge is -2.17. The van der Waals surface area contributed by atoms with Gasteiger partial charge in [0.2, 0.25) is 5.67 Å². The molecule has 18 heavy (non-hydrogen) atoms. The van der Waals surface area contributed by atoms with Crippen LogP contribution in [0.4, 0.5) is 4.39 Å². The molecule has 1 aromatic heterocycles. The summed E-state index contributed by atoms with van der Waals surface area (Å²) in [6.07, 6.45) is -0.197. The highest BCUT2D eigenvalue weighted by Gasteiger charge is 2.47. The van der Waals surface area contributed by atoms with Crippen LogP contribution in [0.5, 0.6) is 0 Å². The number of aliphatic carboxylic acids is 1. The minimum atomic E-state index is -2.35. The summed E-state index contributed by atoms with van der Waals surface area (Å²) in [6, 6.07) is 0. The van der Waals surface area contributed by atoms with Gasteiger partial charge < -0.3 is 14.5 Å². The number of carbonyl (C=O) groups excluding carboxylic acids is 1. The highest BCUT2D eigenvalue weighted by atomic mass is 19.1. The normalized spacial score (nSPS) is 23.4. The number of aromatic nitrogens is 1. The third kappa shape index (κ3) is 1.85. The van der Waals surface area contributed by atoms with E-state index in [-0.39, 0.29) is 18.5 Å². The van der Waals surface area contributed by atoms with Gasteiger partial charge in [-0.2, -0.15) is 0 Å². The van der Waals surface area contributed by atoms with Crippen LogP contribution in [0.2, 0.25) is 0 Å². The topological polar surface area (TPSA) is 83.6 Å². The first-order chi connectivity index (χ1) is 8.35. The zero-order valence-electron chi connectivity index (χ0n) is 10.1. The summed E-state index contributed by atoms with van der Waals surface area (Å²) in [5.41, 5.74) is -1.65. The lowest BCUT2D eigenvalue weighted by molar-refractivity contribution is -0.149. The second-order valence-electron chi connectivity index (χ2n) is 4.45. The van der Waals surface area contributed by atoms with Crippen molar-refractivity contribution in [1.82, 2.24) is 10.1 Å². The molecule has 1 saturated heterocycles. The maximum atomic E-state index is 13.9. The molecule has 7 heteroatoms. The molecule has 1 aromatic rings. The Morgan fingerprint density at radius 1 is 1.50 bits per heavy atom. The van der Waals surface area contributed by atoms with Crippen LogP contribution in [-0.4, -0.2) is 45.8 Å². The summed E-state index contributed by atoms with van der Waals surface area (Å²) in [5, 5.41) is 12.4. The van der Waals surface area contributed by atoms with Crippen LogP contribution in [0.25, 0.3) is 0 Å². The van der Waals surface area contributed by atoms with Gasteiger partial charge in [0.05, 0.1) is 12.2 Å². The maximum Gasteiger partial charge on any atom is 0.343 e. The van der Waals surface area contributed by atoms with Crippen molar-refractivity contribution in [2.45, 2.75) is 25.9 Å². The van der Waals surface area contributed by atoms with Gasteiger partial charge in [0.25, 0.3) is 5.91 Å². The van der Waals surface area contributed by atoms with Crippen molar-refractivity contribution >= 4 is 11.9 Å². The number of nitrogens with zero attached hydrogens (tertiary/aromatic N) is 2. The quantitative estimate of drug-likeness (QED) is 0.851. The van der Waals surface area contributed by atoms with Gasteiger partial charge in [0, 0.05) is 13.0 Å². The lowest BCUT2D eigenvalue weighted by atomic mass is 10.1. The van der Waals surface area contributed by atoms with Gasteiger partial charge in [0.15, 0.2) is 0 Å². The fraction of sp³-hybridized carbons (Fsp3) is 0.545. The molecule has 0 aromatic carbocycles. The van der Waals surface area contributed by atoms with Crippen LogP contribution in [0.15, 0.2) is 4.52 Å². The Bertz CT molecular complexity index is 494.